The van der Waals surface area contributed by atoms with Gasteiger partial charge in [-0.25, -0.2) is 0 Å². The van der Waals surface area contributed by atoms with Gasteiger partial charge in [-0.3, -0.25) is 9.91 Å². The zero-order valence-electron chi connectivity index (χ0n) is 20.6. The van der Waals surface area contributed by atoms with Crippen LogP contribution in [0.3, 0.4) is 0 Å². The zero-order chi connectivity index (χ0) is 21.2. The Morgan fingerprint density at radius 2 is 1.26 bits per heavy atom. The Morgan fingerprint density at radius 1 is 0.677 bits per heavy atom. The van der Waals surface area contributed by atoms with Crippen LogP contribution in [0.25, 0.3) is 0 Å². The van der Waals surface area contributed by atoms with E-state index in [-0.39, 0.29) is 0 Å². The van der Waals surface area contributed by atoms with Crippen LogP contribution in [-0.4, -0.2) is 46.3 Å². The first-order chi connectivity index (χ1) is 15.2. The average molecular weight is 428 g/mol. The second-order valence-corrected chi connectivity index (χ2v) is 12.1. The molecule has 4 saturated carbocycles. The summed E-state index contributed by atoms with van der Waals surface area (Å²) in [7, 11) is 0. The van der Waals surface area contributed by atoms with E-state index in [1.165, 1.54) is 109 Å². The first-order valence-corrected chi connectivity index (χ1v) is 14.3. The van der Waals surface area contributed by atoms with Crippen molar-refractivity contribution in [3.63, 3.8) is 0 Å². The van der Waals surface area contributed by atoms with Crippen molar-refractivity contribution in [2.75, 3.05) is 0 Å². The lowest BCUT2D eigenvalue weighted by molar-refractivity contribution is 0.0832. The topological polar surface area (TPSA) is 18.8 Å². The number of rotatable bonds is 5. The molecule has 5 aliphatic rings. The molecule has 3 heteroatoms. The van der Waals surface area contributed by atoms with Gasteiger partial charge in [0.25, 0.3) is 0 Å². The van der Waals surface area contributed by atoms with Gasteiger partial charge in [-0.15, -0.1) is 0 Å². The van der Waals surface area contributed by atoms with Crippen LogP contribution in [0.15, 0.2) is 5.10 Å². The third kappa shape index (κ3) is 4.73. The van der Waals surface area contributed by atoms with Crippen molar-refractivity contribution in [2.45, 2.75) is 153 Å². The highest BCUT2D eigenvalue weighted by molar-refractivity contribution is 5.60. The second-order valence-electron chi connectivity index (χ2n) is 12.1. The van der Waals surface area contributed by atoms with Crippen LogP contribution in [-0.2, 0) is 0 Å². The summed E-state index contributed by atoms with van der Waals surface area (Å²) in [6.45, 7) is 4.90. The summed E-state index contributed by atoms with van der Waals surface area (Å²) in [5, 5.41) is 8.02. The van der Waals surface area contributed by atoms with E-state index < -0.39 is 0 Å². The van der Waals surface area contributed by atoms with E-state index in [2.05, 4.69) is 30.0 Å². The van der Waals surface area contributed by atoms with Gasteiger partial charge in [0, 0.05) is 36.4 Å². The van der Waals surface area contributed by atoms with Crippen molar-refractivity contribution in [3.05, 3.63) is 0 Å². The van der Waals surface area contributed by atoms with Gasteiger partial charge in [0.2, 0.25) is 0 Å². The standard InChI is InChI=1S/C28H49N3/c1-21(2)30-27-16-10-9-15-25(27)26-19-22(17-18-28(26)30)20-29-31(23-11-5-3-6-12-23)24-13-7-4-8-14-24/h20-28H,3-19H2,1-2H3. The molecular formula is C28H49N3. The zero-order valence-corrected chi connectivity index (χ0v) is 20.6. The molecule has 4 aliphatic carbocycles. The summed E-state index contributed by atoms with van der Waals surface area (Å²) < 4.78 is 0. The lowest BCUT2D eigenvalue weighted by atomic mass is 9.70. The first-order valence-electron chi connectivity index (χ1n) is 14.3. The van der Waals surface area contributed by atoms with E-state index in [0.717, 1.165) is 48.0 Å². The molecule has 1 saturated heterocycles. The molecule has 0 aromatic carbocycles. The maximum absolute atomic E-state index is 5.36. The van der Waals surface area contributed by atoms with E-state index in [9.17, 15) is 0 Å². The average Bonchev–Trinajstić information content (AvgIpc) is 3.15. The van der Waals surface area contributed by atoms with Crippen molar-refractivity contribution < 1.29 is 0 Å². The molecule has 5 fully saturated rings. The Hall–Kier alpha value is -0.570. The minimum absolute atomic E-state index is 0.721. The molecule has 3 nitrogen and oxygen atoms in total. The third-order valence-corrected chi connectivity index (χ3v) is 9.90. The predicted octanol–water partition coefficient (Wildman–Crippen LogP) is 7.01. The Kier molecular flexibility index (Phi) is 7.27. The summed E-state index contributed by atoms with van der Waals surface area (Å²) >= 11 is 0. The lowest BCUT2D eigenvalue weighted by Crippen LogP contribution is -2.45. The van der Waals surface area contributed by atoms with Crippen LogP contribution in [0, 0.1) is 17.8 Å². The summed E-state index contributed by atoms with van der Waals surface area (Å²) in [6.07, 6.45) is 26.7. The van der Waals surface area contributed by atoms with Crippen molar-refractivity contribution in [2.24, 2.45) is 22.9 Å². The molecule has 31 heavy (non-hydrogen) atoms. The van der Waals surface area contributed by atoms with Crippen molar-refractivity contribution in [3.8, 4) is 0 Å². The first kappa shape index (κ1) is 22.2. The van der Waals surface area contributed by atoms with Gasteiger partial charge >= 0.3 is 0 Å². The molecule has 5 rings (SSSR count). The fourth-order valence-electron chi connectivity index (χ4n) is 8.56. The van der Waals surface area contributed by atoms with Crippen LogP contribution >= 0.6 is 0 Å². The van der Waals surface area contributed by atoms with Gasteiger partial charge in [-0.05, 0) is 89.4 Å². The maximum atomic E-state index is 5.36. The highest BCUT2D eigenvalue weighted by atomic mass is 15.5. The Labute approximate surface area is 192 Å². The van der Waals surface area contributed by atoms with Gasteiger partial charge in [0.05, 0.1) is 0 Å². The molecule has 1 heterocycles. The van der Waals surface area contributed by atoms with E-state index in [0.29, 0.717) is 0 Å². The maximum Gasteiger partial charge on any atom is 0.0473 e. The summed E-state index contributed by atoms with van der Waals surface area (Å²) in [6, 6.07) is 3.94. The monoisotopic (exact) mass is 427 g/mol. The van der Waals surface area contributed by atoms with E-state index >= 15 is 0 Å². The van der Waals surface area contributed by atoms with Crippen LogP contribution in [0.2, 0.25) is 0 Å². The third-order valence-electron chi connectivity index (χ3n) is 9.90. The van der Waals surface area contributed by atoms with Gasteiger partial charge in [-0.1, -0.05) is 51.4 Å². The van der Waals surface area contributed by atoms with Crippen molar-refractivity contribution in [1.29, 1.82) is 0 Å². The summed E-state index contributed by atoms with van der Waals surface area (Å²) in [5.74, 6) is 2.64. The van der Waals surface area contributed by atoms with Crippen LogP contribution in [0.5, 0.6) is 0 Å². The molecule has 0 N–H and O–H groups in total. The van der Waals surface area contributed by atoms with E-state index in [1.807, 2.05) is 0 Å². The molecule has 0 aromatic rings. The minimum atomic E-state index is 0.721. The quantitative estimate of drug-likeness (QED) is 0.347. The van der Waals surface area contributed by atoms with Crippen molar-refractivity contribution >= 4 is 6.21 Å². The van der Waals surface area contributed by atoms with Crippen LogP contribution < -0.4 is 0 Å². The molecule has 0 radical (unpaired) electrons. The number of likely N-dealkylation sites (tertiary alicyclic amines) is 1. The molecular weight excluding hydrogens is 378 g/mol. The molecule has 176 valence electrons. The van der Waals surface area contributed by atoms with E-state index in [1.54, 1.807) is 0 Å². The molecule has 0 spiro atoms. The van der Waals surface area contributed by atoms with Gasteiger partial charge in [-0.2, -0.15) is 5.10 Å². The number of hydrazone groups is 1. The largest absolute Gasteiger partial charge is 0.294 e. The number of fused-ring (bicyclic) bond motifs is 3. The van der Waals surface area contributed by atoms with Gasteiger partial charge in [0.1, 0.15) is 0 Å². The Morgan fingerprint density at radius 3 is 1.90 bits per heavy atom. The molecule has 5 atom stereocenters. The summed E-state index contributed by atoms with van der Waals surface area (Å²) in [5.41, 5.74) is 0. The number of hydrogen-bond acceptors (Lipinski definition) is 3. The molecule has 0 amide bonds. The fraction of sp³-hybridized carbons (Fsp3) is 0.964. The fourth-order valence-corrected chi connectivity index (χ4v) is 8.56. The van der Waals surface area contributed by atoms with Crippen molar-refractivity contribution in [1.82, 2.24) is 9.91 Å². The molecule has 0 bridgehead atoms. The molecule has 1 aliphatic heterocycles. The highest BCUT2D eigenvalue weighted by Crippen LogP contribution is 2.50. The minimum Gasteiger partial charge on any atom is -0.294 e. The van der Waals surface area contributed by atoms with E-state index in [4.69, 9.17) is 5.10 Å². The summed E-state index contributed by atoms with van der Waals surface area (Å²) in [4.78, 5) is 2.97. The molecule has 5 unspecified atom stereocenters. The Bertz CT molecular complexity index is 571. The van der Waals surface area contributed by atoms with Crippen LogP contribution in [0.4, 0.5) is 0 Å². The number of hydrogen-bond donors (Lipinski definition) is 0. The molecule has 0 aromatic heterocycles. The number of nitrogens with zero attached hydrogens (tertiary/aromatic N) is 3. The van der Waals surface area contributed by atoms with Crippen LogP contribution in [0.1, 0.15) is 123 Å². The smallest absolute Gasteiger partial charge is 0.0473 e. The second kappa shape index (κ2) is 10.1. The Balaban J connectivity index is 1.28. The highest BCUT2D eigenvalue weighted by Gasteiger charge is 2.51. The van der Waals surface area contributed by atoms with Gasteiger partial charge in [0.15, 0.2) is 0 Å². The SMILES string of the molecule is CC(C)N1C2CCCCC2C2CC(C=NN(C3CCCCC3)C3CCCCC3)CCC21. The van der Waals surface area contributed by atoms with Gasteiger partial charge < -0.3 is 0 Å². The normalized spacial score (nSPS) is 38.5. The lowest BCUT2D eigenvalue weighted by Gasteiger charge is -2.41. The predicted molar refractivity (Wildman–Crippen MR) is 131 cm³/mol.